The van der Waals surface area contributed by atoms with Gasteiger partial charge in [0.2, 0.25) is 0 Å². The third kappa shape index (κ3) is 1.56. The van der Waals surface area contributed by atoms with Crippen molar-refractivity contribution in [3.05, 3.63) is 27.9 Å². The lowest BCUT2D eigenvalue weighted by molar-refractivity contribution is 0.0596. The largest absolute Gasteiger partial charge is 0.464 e. The predicted octanol–water partition coefficient (Wildman–Crippen LogP) is 2.66. The Morgan fingerprint density at radius 1 is 1.47 bits per heavy atom. The number of nitrogens with zero attached hydrogens (tertiary/aromatic N) is 1. The molecule has 2 aromatic rings. The van der Waals surface area contributed by atoms with E-state index in [-0.39, 0.29) is 5.69 Å². The minimum atomic E-state index is -0.551. The Labute approximate surface area is 95.1 Å². The summed E-state index contributed by atoms with van der Waals surface area (Å²) in [5.41, 5.74) is 0.782. The van der Waals surface area contributed by atoms with E-state index in [0.29, 0.717) is 20.9 Å². The second-order valence-corrected chi connectivity index (χ2v) is 3.63. The molecule has 0 fully saturated rings. The number of carbonyl (C=O) groups is 1. The Kier molecular flexibility index (Phi) is 2.54. The molecule has 0 aliphatic rings. The molecule has 0 radical (unpaired) electrons. The highest BCUT2D eigenvalue weighted by molar-refractivity contribution is 6.45. The molecule has 0 bridgehead atoms. The average molecular weight is 245 g/mol. The maximum Gasteiger partial charge on any atom is 0.359 e. The average Bonchev–Trinajstić information content (AvgIpc) is 2.67. The van der Waals surface area contributed by atoms with Crippen molar-refractivity contribution in [1.82, 2.24) is 10.2 Å². The first-order valence-electron chi connectivity index (χ1n) is 4.05. The van der Waals surface area contributed by atoms with Gasteiger partial charge in [-0.1, -0.05) is 23.2 Å². The van der Waals surface area contributed by atoms with E-state index in [4.69, 9.17) is 23.2 Å². The SMILES string of the molecule is COC(=O)c1n[nH]c2ccc(Cl)c(Cl)c12. The predicted molar refractivity (Wildman–Crippen MR) is 57.5 cm³/mol. The van der Waals surface area contributed by atoms with Crippen LogP contribution in [-0.4, -0.2) is 23.3 Å². The van der Waals surface area contributed by atoms with Gasteiger partial charge in [0.25, 0.3) is 0 Å². The van der Waals surface area contributed by atoms with Crippen molar-refractivity contribution in [2.45, 2.75) is 0 Å². The van der Waals surface area contributed by atoms with E-state index >= 15 is 0 Å². The fraction of sp³-hybridized carbons (Fsp3) is 0.111. The van der Waals surface area contributed by atoms with Crippen LogP contribution in [0.2, 0.25) is 10.0 Å². The number of hydrogen-bond donors (Lipinski definition) is 1. The molecule has 1 aromatic carbocycles. The summed E-state index contributed by atoms with van der Waals surface area (Å²) in [6.07, 6.45) is 0. The van der Waals surface area contributed by atoms with E-state index in [1.165, 1.54) is 7.11 Å². The van der Waals surface area contributed by atoms with E-state index < -0.39 is 5.97 Å². The smallest absolute Gasteiger partial charge is 0.359 e. The van der Waals surface area contributed by atoms with Crippen molar-refractivity contribution in [2.24, 2.45) is 0 Å². The molecule has 0 saturated heterocycles. The summed E-state index contributed by atoms with van der Waals surface area (Å²) < 4.78 is 4.57. The Morgan fingerprint density at radius 3 is 2.87 bits per heavy atom. The number of methoxy groups -OCH3 is 1. The second kappa shape index (κ2) is 3.72. The monoisotopic (exact) mass is 244 g/mol. The molecular formula is C9H6Cl2N2O2. The molecular weight excluding hydrogens is 239 g/mol. The second-order valence-electron chi connectivity index (χ2n) is 2.85. The lowest BCUT2D eigenvalue weighted by Crippen LogP contribution is -2.02. The van der Waals surface area contributed by atoms with Gasteiger partial charge in [-0.3, -0.25) is 5.10 Å². The van der Waals surface area contributed by atoms with Crippen LogP contribution < -0.4 is 0 Å². The number of nitrogens with one attached hydrogen (secondary N) is 1. The van der Waals surface area contributed by atoms with Gasteiger partial charge in [0.15, 0.2) is 5.69 Å². The number of halogens is 2. The summed E-state index contributed by atoms with van der Waals surface area (Å²) in [5.74, 6) is -0.551. The van der Waals surface area contributed by atoms with Gasteiger partial charge in [-0.2, -0.15) is 5.10 Å². The summed E-state index contributed by atoms with van der Waals surface area (Å²) in [5, 5.41) is 7.65. The van der Waals surface area contributed by atoms with Crippen molar-refractivity contribution >= 4 is 40.1 Å². The fourth-order valence-corrected chi connectivity index (χ4v) is 1.70. The molecule has 1 N–H and O–H groups in total. The molecule has 2 rings (SSSR count). The van der Waals surface area contributed by atoms with Crippen molar-refractivity contribution in [3.63, 3.8) is 0 Å². The number of carbonyl (C=O) groups excluding carboxylic acids is 1. The number of fused-ring (bicyclic) bond motifs is 1. The molecule has 0 saturated carbocycles. The lowest BCUT2D eigenvalue weighted by atomic mass is 10.2. The van der Waals surface area contributed by atoms with Crippen LogP contribution in [0.5, 0.6) is 0 Å². The number of ether oxygens (including phenoxy) is 1. The van der Waals surface area contributed by atoms with Crippen LogP contribution in [0.25, 0.3) is 10.9 Å². The minimum absolute atomic E-state index is 0.139. The summed E-state index contributed by atoms with van der Waals surface area (Å²) in [4.78, 5) is 11.3. The first-order valence-corrected chi connectivity index (χ1v) is 4.81. The zero-order chi connectivity index (χ0) is 11.0. The number of aromatic amines is 1. The third-order valence-electron chi connectivity index (χ3n) is 2.00. The molecule has 6 heteroatoms. The van der Waals surface area contributed by atoms with Crippen LogP contribution in [0.15, 0.2) is 12.1 Å². The molecule has 0 aliphatic heterocycles. The highest BCUT2D eigenvalue weighted by Gasteiger charge is 2.18. The van der Waals surface area contributed by atoms with Crippen LogP contribution in [0, 0.1) is 0 Å². The van der Waals surface area contributed by atoms with Gasteiger partial charge in [-0.05, 0) is 12.1 Å². The lowest BCUT2D eigenvalue weighted by Gasteiger charge is -1.98. The molecule has 0 atom stereocenters. The Balaban J connectivity index is 2.77. The summed E-state index contributed by atoms with van der Waals surface area (Å²) >= 11 is 11.8. The molecule has 15 heavy (non-hydrogen) atoms. The molecule has 78 valence electrons. The van der Waals surface area contributed by atoms with Crippen molar-refractivity contribution < 1.29 is 9.53 Å². The first-order chi connectivity index (χ1) is 7.15. The molecule has 0 spiro atoms. The van der Waals surface area contributed by atoms with Gasteiger partial charge >= 0.3 is 5.97 Å². The van der Waals surface area contributed by atoms with Crippen LogP contribution in [-0.2, 0) is 4.74 Å². The summed E-state index contributed by atoms with van der Waals surface area (Å²) in [6.45, 7) is 0. The summed E-state index contributed by atoms with van der Waals surface area (Å²) in [7, 11) is 1.28. The number of hydrogen-bond acceptors (Lipinski definition) is 3. The van der Waals surface area contributed by atoms with E-state index in [2.05, 4.69) is 14.9 Å². The van der Waals surface area contributed by atoms with Crippen LogP contribution in [0.4, 0.5) is 0 Å². The quantitative estimate of drug-likeness (QED) is 0.785. The van der Waals surface area contributed by atoms with E-state index in [1.807, 2.05) is 0 Å². The van der Waals surface area contributed by atoms with Crippen molar-refractivity contribution in [2.75, 3.05) is 7.11 Å². The Hall–Kier alpha value is -1.26. The van der Waals surface area contributed by atoms with Crippen molar-refractivity contribution in [3.8, 4) is 0 Å². The number of esters is 1. The molecule has 4 nitrogen and oxygen atoms in total. The topological polar surface area (TPSA) is 55.0 Å². The standard InChI is InChI=1S/C9H6Cl2N2O2/c1-15-9(14)8-6-5(12-13-8)3-2-4(10)7(6)11/h2-3H,1H3,(H,12,13). The highest BCUT2D eigenvalue weighted by atomic mass is 35.5. The Morgan fingerprint density at radius 2 is 2.20 bits per heavy atom. The molecule has 1 heterocycles. The van der Waals surface area contributed by atoms with Gasteiger partial charge in [-0.25, -0.2) is 4.79 Å². The number of H-pyrrole nitrogens is 1. The van der Waals surface area contributed by atoms with Gasteiger partial charge < -0.3 is 4.74 Å². The van der Waals surface area contributed by atoms with Gasteiger partial charge in [0.05, 0.1) is 28.1 Å². The fourth-order valence-electron chi connectivity index (χ4n) is 1.29. The zero-order valence-corrected chi connectivity index (χ0v) is 9.19. The molecule has 0 amide bonds. The molecule has 0 unspecified atom stereocenters. The highest BCUT2D eigenvalue weighted by Crippen LogP contribution is 2.31. The zero-order valence-electron chi connectivity index (χ0n) is 7.67. The molecule has 1 aromatic heterocycles. The van der Waals surface area contributed by atoms with Crippen LogP contribution >= 0.6 is 23.2 Å². The van der Waals surface area contributed by atoms with E-state index in [0.717, 1.165) is 0 Å². The van der Waals surface area contributed by atoms with Crippen LogP contribution in [0.1, 0.15) is 10.5 Å². The maximum atomic E-state index is 11.3. The first kappa shape index (κ1) is 10.3. The maximum absolute atomic E-state index is 11.3. The third-order valence-corrected chi connectivity index (χ3v) is 2.80. The minimum Gasteiger partial charge on any atom is -0.464 e. The van der Waals surface area contributed by atoms with E-state index in [1.54, 1.807) is 12.1 Å². The van der Waals surface area contributed by atoms with Gasteiger partial charge in [-0.15, -0.1) is 0 Å². The number of aromatic nitrogens is 2. The molecule has 0 aliphatic carbocycles. The van der Waals surface area contributed by atoms with Gasteiger partial charge in [0.1, 0.15) is 0 Å². The van der Waals surface area contributed by atoms with Crippen molar-refractivity contribution in [1.29, 1.82) is 0 Å². The summed E-state index contributed by atoms with van der Waals surface area (Å²) in [6, 6.07) is 3.33. The number of rotatable bonds is 1. The Bertz CT molecular complexity index is 536. The van der Waals surface area contributed by atoms with Crippen LogP contribution in [0.3, 0.4) is 0 Å². The van der Waals surface area contributed by atoms with E-state index in [9.17, 15) is 4.79 Å². The number of benzene rings is 1. The van der Waals surface area contributed by atoms with Gasteiger partial charge in [0, 0.05) is 0 Å². The normalized spacial score (nSPS) is 10.6.